The second-order valence-corrected chi connectivity index (χ2v) is 19.3. The molecule has 0 radical (unpaired) electrons. The monoisotopic (exact) mass is 918 g/mol. The van der Waals surface area contributed by atoms with E-state index in [1.165, 1.54) is 34.0 Å². The summed E-state index contributed by atoms with van der Waals surface area (Å²) in [4.78, 5) is 82.4. The molecule has 1 unspecified atom stereocenters. The van der Waals surface area contributed by atoms with Crippen LogP contribution < -0.4 is 16.2 Å². The van der Waals surface area contributed by atoms with E-state index in [2.05, 4.69) is 0 Å². The summed E-state index contributed by atoms with van der Waals surface area (Å²) >= 11 is 3.95. The van der Waals surface area contributed by atoms with Crippen molar-refractivity contribution in [2.45, 2.75) is 24.7 Å². The van der Waals surface area contributed by atoms with E-state index in [1.54, 1.807) is 72.8 Å². The second kappa shape index (κ2) is 15.3. The molecule has 7 aromatic carbocycles. The van der Waals surface area contributed by atoms with Gasteiger partial charge in [-0.1, -0.05) is 109 Å². The van der Waals surface area contributed by atoms with Gasteiger partial charge in [0.05, 0.1) is 19.8 Å². The van der Waals surface area contributed by atoms with Gasteiger partial charge in [0.25, 0.3) is 0 Å². The number of aliphatic hydroxyl groups is 1. The minimum Gasteiger partial charge on any atom is -0.459 e. The third-order valence-corrected chi connectivity index (χ3v) is 16.0. The number of esters is 2. The Bertz CT molecular complexity index is 3840. The van der Waals surface area contributed by atoms with Crippen molar-refractivity contribution >= 4 is 120 Å². The zero-order valence-corrected chi connectivity index (χ0v) is 36.7. The highest BCUT2D eigenvalue weighted by atomic mass is 32.1. The molecule has 10 aromatic rings. The first-order valence-electron chi connectivity index (χ1n) is 20.9. The van der Waals surface area contributed by atoms with Crippen molar-refractivity contribution in [1.29, 1.82) is 0 Å². The largest absolute Gasteiger partial charge is 0.459 e. The van der Waals surface area contributed by atoms with Crippen molar-refractivity contribution in [3.8, 4) is 0 Å². The minimum absolute atomic E-state index is 0.0263. The molecule has 66 heavy (non-hydrogen) atoms. The number of ketones is 1. The number of fused-ring (bicyclic) bond motifs is 9. The van der Waals surface area contributed by atoms with Gasteiger partial charge in [0.2, 0.25) is 22.1 Å². The van der Waals surface area contributed by atoms with Gasteiger partial charge in [0.1, 0.15) is 30.0 Å². The van der Waals surface area contributed by atoms with Crippen LogP contribution in [0.15, 0.2) is 165 Å². The first-order chi connectivity index (χ1) is 32.2. The van der Waals surface area contributed by atoms with Crippen LogP contribution >= 0.6 is 34.0 Å². The Morgan fingerprint density at radius 2 is 1.15 bits per heavy atom. The van der Waals surface area contributed by atoms with Gasteiger partial charge in [-0.2, -0.15) is 0 Å². The zero-order chi connectivity index (χ0) is 44.8. The number of Topliss-reactive ketones (excluding diaryl/α,β-unsaturated/α-hetero) is 1. The summed E-state index contributed by atoms with van der Waals surface area (Å²) in [7, 11) is 0. The lowest BCUT2D eigenvalue weighted by atomic mass is 9.81. The zero-order valence-electron chi connectivity index (χ0n) is 34.3. The molecular weight excluding hydrogens is 889 g/mol. The van der Waals surface area contributed by atoms with Gasteiger partial charge in [-0.05, 0) is 74.6 Å². The lowest BCUT2D eigenvalue weighted by Gasteiger charge is -2.27. The first-order valence-corrected chi connectivity index (χ1v) is 23.3. The number of hydrogen-bond acceptors (Lipinski definition) is 13. The molecule has 3 heterocycles. The molecule has 0 saturated carbocycles. The highest BCUT2D eigenvalue weighted by Crippen LogP contribution is 2.57. The van der Waals surface area contributed by atoms with Crippen LogP contribution in [-0.2, 0) is 37.7 Å². The standard InChI is InChI=1S/C53H30N2O8S3/c56-44-33-19-29-15-7-8-16-30(29)20-34(33)45(57)42(44)54-39-23-37-41(53(39,51(60)62-25-27-11-3-1-4-12-27)52(61)63-26-28-13-5-2-6-14-28)49-50(64-37)48-38(65-49)24-40(66-48)55-43-46(58)35-21-31-17-9-10-18-32(31)22-36(35)47(43)59/h1-24,46,58H,25-26H2/b55-43+. The summed E-state index contributed by atoms with van der Waals surface area (Å²) in [5, 5.41) is 15.1. The van der Waals surface area contributed by atoms with E-state index < -0.39 is 39.7 Å². The predicted octanol–water partition coefficient (Wildman–Crippen LogP) is 9.92. The van der Waals surface area contributed by atoms with Crippen LogP contribution in [0.5, 0.6) is 0 Å². The maximum atomic E-state index is 15.2. The second-order valence-electron chi connectivity index (χ2n) is 16.2. The molecule has 10 nitrogen and oxygen atoms in total. The molecular formula is C53H30N2O8S3. The molecule has 1 atom stereocenters. The Kier molecular flexibility index (Phi) is 9.26. The van der Waals surface area contributed by atoms with Crippen LogP contribution in [0.4, 0.5) is 5.00 Å². The summed E-state index contributed by atoms with van der Waals surface area (Å²) < 4.78 is 15.0. The van der Waals surface area contributed by atoms with E-state index in [4.69, 9.17) is 19.5 Å². The van der Waals surface area contributed by atoms with Crippen LogP contribution in [0.3, 0.4) is 0 Å². The van der Waals surface area contributed by atoms with Gasteiger partial charge in [-0.25, -0.2) is 9.98 Å². The smallest absolute Gasteiger partial charge is 0.334 e. The maximum absolute atomic E-state index is 15.2. The summed E-state index contributed by atoms with van der Waals surface area (Å²) in [6.07, 6.45) is 0.366. The van der Waals surface area contributed by atoms with Gasteiger partial charge in [0.15, 0.2) is 5.36 Å². The van der Waals surface area contributed by atoms with Crippen LogP contribution in [0.2, 0.25) is 0 Å². The van der Waals surface area contributed by atoms with Crippen LogP contribution in [0, 0.1) is 0 Å². The van der Waals surface area contributed by atoms with E-state index in [1.807, 2.05) is 72.8 Å². The normalized spacial score (nSPS) is 15.8. The Morgan fingerprint density at radius 1 is 0.606 bits per heavy atom. The molecule has 0 amide bonds. The van der Waals surface area contributed by atoms with Gasteiger partial charge in [0, 0.05) is 31.5 Å². The molecule has 2 aliphatic rings. The van der Waals surface area contributed by atoms with Crippen molar-refractivity contribution < 1.29 is 29.0 Å². The first kappa shape index (κ1) is 40.0. The van der Waals surface area contributed by atoms with Crippen molar-refractivity contribution in [3.63, 3.8) is 0 Å². The van der Waals surface area contributed by atoms with E-state index in [9.17, 15) is 19.5 Å². The van der Waals surface area contributed by atoms with Crippen molar-refractivity contribution in [1.82, 2.24) is 0 Å². The van der Waals surface area contributed by atoms with Gasteiger partial charge < -0.3 is 14.6 Å². The number of aliphatic hydroxyl groups excluding tert-OH is 1. The Morgan fingerprint density at radius 3 is 1.74 bits per heavy atom. The molecule has 0 aliphatic heterocycles. The third-order valence-electron chi connectivity index (χ3n) is 12.3. The number of benzene rings is 6. The maximum Gasteiger partial charge on any atom is 0.334 e. The number of carbonyl (C=O) groups is 3. The predicted molar refractivity (Wildman–Crippen MR) is 259 cm³/mol. The van der Waals surface area contributed by atoms with Gasteiger partial charge in [-0.3, -0.25) is 24.0 Å². The average Bonchev–Trinajstić information content (AvgIpc) is 4.16. The fraction of sp³-hybridized carbons (Fsp3) is 0.0755. The van der Waals surface area contributed by atoms with E-state index in [0.29, 0.717) is 36.8 Å². The SMILES string of the molecule is O=C1/C(=N/c2cc3sc4c5c(sc4c3s2)C=C(N=c2c(=O)c3cc4ccccc4cc3c2=O)C5(C(=O)OCc2ccccc2)C(=O)OCc2ccccc2)C(O)c2cc3ccccc3cc21. The third kappa shape index (κ3) is 6.12. The number of nitrogens with zero attached hydrogens (tertiary/aromatic N) is 2. The highest BCUT2D eigenvalue weighted by molar-refractivity contribution is 7.40. The Balaban J connectivity index is 1.03. The number of carbonyl (C=O) groups excluding carboxylic acids is 3. The molecule has 318 valence electrons. The lowest BCUT2D eigenvalue weighted by Crippen LogP contribution is -2.47. The molecule has 2 aliphatic carbocycles. The molecule has 1 N–H and O–H groups in total. The van der Waals surface area contributed by atoms with Crippen LogP contribution in [0.1, 0.15) is 43.6 Å². The molecule has 12 rings (SSSR count). The fourth-order valence-electron chi connectivity index (χ4n) is 9.05. The van der Waals surface area contributed by atoms with Crippen molar-refractivity contribution in [3.05, 3.63) is 204 Å². The van der Waals surface area contributed by atoms with E-state index in [-0.39, 0.29) is 46.7 Å². The molecule has 0 bridgehead atoms. The summed E-state index contributed by atoms with van der Waals surface area (Å²) in [5.41, 5.74) is -1.22. The summed E-state index contributed by atoms with van der Waals surface area (Å²) in [6, 6.07) is 41.8. The Hall–Kier alpha value is -7.55. The average molecular weight is 919 g/mol. The van der Waals surface area contributed by atoms with Crippen molar-refractivity contribution in [2.24, 2.45) is 9.98 Å². The number of hydrogen-bond donors (Lipinski definition) is 1. The van der Waals surface area contributed by atoms with Gasteiger partial charge in [-0.15, -0.1) is 34.0 Å². The molecule has 0 fully saturated rings. The highest BCUT2D eigenvalue weighted by Gasteiger charge is 2.60. The molecule has 13 heteroatoms. The van der Waals surface area contributed by atoms with Crippen molar-refractivity contribution in [2.75, 3.05) is 0 Å². The quantitative estimate of drug-likeness (QED) is 0.117. The number of rotatable bonds is 8. The topological polar surface area (TPSA) is 149 Å². The van der Waals surface area contributed by atoms with Gasteiger partial charge >= 0.3 is 11.9 Å². The number of aliphatic imine (C=N–C) groups is 1. The van der Waals surface area contributed by atoms with E-state index in [0.717, 1.165) is 35.6 Å². The van der Waals surface area contributed by atoms with E-state index >= 15 is 9.59 Å². The summed E-state index contributed by atoms with van der Waals surface area (Å²) in [6.45, 7) is -0.382. The fourth-order valence-corrected chi connectivity index (χ4v) is 13.2. The molecule has 0 saturated heterocycles. The lowest BCUT2D eigenvalue weighted by molar-refractivity contribution is -0.164. The summed E-state index contributed by atoms with van der Waals surface area (Å²) in [5.74, 6) is -2.31. The molecule has 3 aromatic heterocycles. The van der Waals surface area contributed by atoms with Crippen LogP contribution in [0.25, 0.3) is 57.2 Å². The number of ether oxygens (including phenoxy) is 2. The minimum atomic E-state index is -2.37. The Labute approximate surface area is 385 Å². The molecule has 0 spiro atoms. The van der Waals surface area contributed by atoms with Crippen LogP contribution in [-0.4, -0.2) is 28.5 Å². The number of thiophene rings is 3.